The third-order valence-corrected chi connectivity index (χ3v) is 7.84. The van der Waals surface area contributed by atoms with E-state index >= 15 is 0 Å². The van der Waals surface area contributed by atoms with Crippen molar-refractivity contribution < 1.29 is 18.7 Å². The fourth-order valence-electron chi connectivity index (χ4n) is 4.71. The molecule has 0 aromatic carbocycles. The number of hydrogen-bond acceptors (Lipinski definition) is 10. The number of carbonyl (C=O) groups is 2. The number of allylic oxidation sites excluding steroid dienone is 1. The number of pyridine rings is 2. The van der Waals surface area contributed by atoms with Gasteiger partial charge in [0.05, 0.1) is 35.4 Å². The average molecular weight is 593 g/mol. The number of nitrogens with zero attached hydrogens (tertiary/aromatic N) is 6. The molecule has 2 atom stereocenters. The van der Waals surface area contributed by atoms with Crippen LogP contribution in [0.5, 0.6) is 0 Å². The second-order valence-electron chi connectivity index (χ2n) is 10.3. The van der Waals surface area contributed by atoms with Gasteiger partial charge in [0.25, 0.3) is 0 Å². The largest absolute Gasteiger partial charge is 0.381 e. The molecule has 1 aliphatic heterocycles. The molecule has 220 valence electrons. The average Bonchev–Trinajstić information content (AvgIpc) is 3.51. The van der Waals surface area contributed by atoms with Crippen LogP contribution in [-0.4, -0.2) is 81.5 Å². The smallest absolute Gasteiger partial charge is 0.225 e. The number of likely N-dealkylation sites (N-methyl/N-ethyl adjacent to an activating group) is 1. The Morgan fingerprint density at radius 3 is 2.93 bits per heavy atom. The molecule has 5 rings (SSSR count). The van der Waals surface area contributed by atoms with Crippen LogP contribution in [0.1, 0.15) is 12.8 Å². The Balaban J connectivity index is 1.17. The number of nitrogens with one attached hydrogen (secondary N) is 2. The zero-order valence-electron chi connectivity index (χ0n) is 23.5. The first-order chi connectivity index (χ1) is 20.4. The van der Waals surface area contributed by atoms with E-state index < -0.39 is 5.82 Å². The van der Waals surface area contributed by atoms with Gasteiger partial charge in [-0.15, -0.1) is 0 Å². The minimum atomic E-state index is -0.407. The van der Waals surface area contributed by atoms with Gasteiger partial charge in [0, 0.05) is 50.6 Å². The standard InChI is InChI=1S/C29H33FN8O3S/c1-37(2)10-4-6-24(39)19-7-12-41-17-20(13-19)28(40)32-9-11-38-18-35-22-15-33-26(14-23(22)38)36-29-34-16-25(42-29)27-21(30)5-3-8-31-27/h3-6,8,14-16,18-20H,7,9-13,17H2,1-2H3,(H,32,40)(H,33,34,36)/b6-4+/t19?,20-/m0/s1. The SMILES string of the molecule is CN(C)C/C=C/C(=O)C1CCOC[C@@H](C(=O)NCCn2cnc3cnc(Nc4ncc(-c5ncccc5F)s4)cc32)C1. The fraction of sp³-hybridized carbons (Fsp3) is 0.379. The lowest BCUT2D eigenvalue weighted by Gasteiger charge is -2.17. The molecule has 0 saturated carbocycles. The third kappa shape index (κ3) is 7.41. The minimum absolute atomic E-state index is 0.0425. The molecule has 2 N–H and O–H groups in total. The highest BCUT2D eigenvalue weighted by molar-refractivity contribution is 7.18. The summed E-state index contributed by atoms with van der Waals surface area (Å²) in [7, 11) is 3.89. The van der Waals surface area contributed by atoms with E-state index in [2.05, 4.69) is 30.6 Å². The normalized spacial score (nSPS) is 17.5. The van der Waals surface area contributed by atoms with Crippen LogP contribution in [0.2, 0.25) is 0 Å². The summed E-state index contributed by atoms with van der Waals surface area (Å²) in [4.78, 5) is 45.5. The van der Waals surface area contributed by atoms with E-state index in [1.807, 2.05) is 35.7 Å². The molecule has 0 aliphatic carbocycles. The zero-order chi connectivity index (χ0) is 29.5. The van der Waals surface area contributed by atoms with E-state index in [1.165, 1.54) is 17.4 Å². The van der Waals surface area contributed by atoms with Gasteiger partial charge in [-0.3, -0.25) is 14.6 Å². The number of fused-ring (bicyclic) bond motifs is 1. The van der Waals surface area contributed by atoms with Crippen LogP contribution < -0.4 is 10.6 Å². The van der Waals surface area contributed by atoms with Gasteiger partial charge in [0.15, 0.2) is 10.9 Å². The molecule has 1 unspecified atom stereocenters. The van der Waals surface area contributed by atoms with Crippen LogP contribution >= 0.6 is 11.3 Å². The predicted octanol–water partition coefficient (Wildman–Crippen LogP) is 3.68. The van der Waals surface area contributed by atoms with Crippen molar-refractivity contribution in [3.8, 4) is 10.6 Å². The van der Waals surface area contributed by atoms with Crippen molar-refractivity contribution >= 4 is 45.0 Å². The molecular formula is C29H33FN8O3S. The Morgan fingerprint density at radius 1 is 1.21 bits per heavy atom. The monoisotopic (exact) mass is 592 g/mol. The second kappa shape index (κ2) is 13.7. The van der Waals surface area contributed by atoms with Crippen molar-refractivity contribution in [2.45, 2.75) is 19.4 Å². The molecule has 1 saturated heterocycles. The lowest BCUT2D eigenvalue weighted by molar-refractivity contribution is -0.127. The molecule has 42 heavy (non-hydrogen) atoms. The number of ether oxygens (including phenoxy) is 1. The van der Waals surface area contributed by atoms with Gasteiger partial charge < -0.3 is 24.8 Å². The van der Waals surface area contributed by atoms with Crippen molar-refractivity contribution in [1.29, 1.82) is 0 Å². The number of aromatic nitrogens is 5. The van der Waals surface area contributed by atoms with E-state index in [0.29, 0.717) is 67.0 Å². The summed E-state index contributed by atoms with van der Waals surface area (Å²) in [6.45, 7) is 2.34. The molecule has 13 heteroatoms. The van der Waals surface area contributed by atoms with Crippen LogP contribution in [-0.2, 0) is 20.9 Å². The molecule has 1 amide bonds. The van der Waals surface area contributed by atoms with E-state index in [0.717, 1.165) is 5.52 Å². The van der Waals surface area contributed by atoms with E-state index in [4.69, 9.17) is 4.74 Å². The van der Waals surface area contributed by atoms with Crippen molar-refractivity contribution in [2.75, 3.05) is 45.7 Å². The number of ketones is 1. The highest BCUT2D eigenvalue weighted by Crippen LogP contribution is 2.31. The van der Waals surface area contributed by atoms with Gasteiger partial charge in [0.2, 0.25) is 5.91 Å². The summed E-state index contributed by atoms with van der Waals surface area (Å²) in [6.07, 6.45) is 11.0. The molecule has 4 aromatic rings. The summed E-state index contributed by atoms with van der Waals surface area (Å²) in [5.74, 6) is -0.539. The van der Waals surface area contributed by atoms with Gasteiger partial charge in [-0.25, -0.2) is 19.3 Å². The number of thiazole rings is 1. The first-order valence-electron chi connectivity index (χ1n) is 13.7. The molecule has 1 fully saturated rings. The predicted molar refractivity (Wildman–Crippen MR) is 159 cm³/mol. The van der Waals surface area contributed by atoms with Crippen molar-refractivity contribution in [2.24, 2.45) is 11.8 Å². The molecule has 4 aromatic heterocycles. The maximum Gasteiger partial charge on any atom is 0.225 e. The molecule has 1 aliphatic rings. The van der Waals surface area contributed by atoms with Crippen LogP contribution in [0.3, 0.4) is 0 Å². The van der Waals surface area contributed by atoms with Gasteiger partial charge in [0.1, 0.15) is 22.8 Å². The van der Waals surface area contributed by atoms with Crippen LogP contribution in [0.4, 0.5) is 15.3 Å². The van der Waals surface area contributed by atoms with Gasteiger partial charge in [-0.05, 0) is 45.1 Å². The number of amides is 1. The van der Waals surface area contributed by atoms with Gasteiger partial charge >= 0.3 is 0 Å². The van der Waals surface area contributed by atoms with Crippen molar-refractivity contribution in [3.05, 3.63) is 61.1 Å². The summed E-state index contributed by atoms with van der Waals surface area (Å²) in [5, 5.41) is 6.71. The summed E-state index contributed by atoms with van der Waals surface area (Å²) in [6, 6.07) is 4.76. The van der Waals surface area contributed by atoms with Crippen LogP contribution in [0, 0.1) is 17.7 Å². The minimum Gasteiger partial charge on any atom is -0.381 e. The highest BCUT2D eigenvalue weighted by atomic mass is 32.1. The molecule has 5 heterocycles. The highest BCUT2D eigenvalue weighted by Gasteiger charge is 2.29. The number of carbonyl (C=O) groups excluding carboxylic acids is 2. The van der Waals surface area contributed by atoms with Crippen molar-refractivity contribution in [3.63, 3.8) is 0 Å². The number of anilines is 2. The molecule has 11 nitrogen and oxygen atoms in total. The Bertz CT molecular complexity index is 1570. The van der Waals surface area contributed by atoms with Crippen molar-refractivity contribution in [1.82, 2.24) is 34.7 Å². The summed E-state index contributed by atoms with van der Waals surface area (Å²) in [5.41, 5.74) is 1.80. The molecule has 0 radical (unpaired) electrons. The summed E-state index contributed by atoms with van der Waals surface area (Å²) >= 11 is 1.27. The lowest BCUT2D eigenvalue weighted by Crippen LogP contribution is -2.36. The first kappa shape index (κ1) is 29.4. The maximum absolute atomic E-state index is 14.1. The van der Waals surface area contributed by atoms with Crippen LogP contribution in [0.25, 0.3) is 21.6 Å². The number of imidazole rings is 1. The summed E-state index contributed by atoms with van der Waals surface area (Å²) < 4.78 is 21.7. The molecular weight excluding hydrogens is 559 g/mol. The Labute approximate surface area is 246 Å². The Hall–Kier alpha value is -4.07. The van der Waals surface area contributed by atoms with E-state index in [1.54, 1.807) is 37.1 Å². The second-order valence-corrected chi connectivity index (χ2v) is 11.4. The topological polar surface area (TPSA) is 127 Å². The zero-order valence-corrected chi connectivity index (χ0v) is 24.3. The fourth-order valence-corrected chi connectivity index (χ4v) is 5.53. The number of rotatable bonds is 11. The third-order valence-electron chi connectivity index (χ3n) is 6.92. The Morgan fingerprint density at radius 2 is 2.10 bits per heavy atom. The lowest BCUT2D eigenvalue weighted by atomic mass is 9.89. The number of hydrogen-bond donors (Lipinski definition) is 2. The Kier molecular flexibility index (Phi) is 9.62. The quantitative estimate of drug-likeness (QED) is 0.251. The maximum atomic E-state index is 14.1. The molecule has 0 bridgehead atoms. The first-order valence-corrected chi connectivity index (χ1v) is 14.5. The van der Waals surface area contributed by atoms with E-state index in [-0.39, 0.29) is 29.2 Å². The molecule has 0 spiro atoms. The van der Waals surface area contributed by atoms with Gasteiger partial charge in [-0.1, -0.05) is 17.4 Å². The van der Waals surface area contributed by atoms with E-state index in [9.17, 15) is 14.0 Å². The number of halogens is 1. The van der Waals surface area contributed by atoms with Gasteiger partial charge in [-0.2, -0.15) is 0 Å². The van der Waals surface area contributed by atoms with Crippen LogP contribution in [0.15, 0.2) is 55.3 Å².